The average molecular weight is 301 g/mol. The molecule has 0 saturated carbocycles. The standard InChI is InChI=1S/C13H17ClN2O2S/c1-2-15-13(18)9-16-12(17)7-8-19-11-5-3-10(14)4-6-11/h3-6H,2,7-9H2,1H3,(H,15,18)(H,16,17). The maximum absolute atomic E-state index is 11.5. The molecule has 104 valence electrons. The Kier molecular flexibility index (Phi) is 7.36. The lowest BCUT2D eigenvalue weighted by Gasteiger charge is -2.05. The van der Waals surface area contributed by atoms with Crippen LogP contribution in [-0.2, 0) is 9.59 Å². The third kappa shape index (κ3) is 7.08. The lowest BCUT2D eigenvalue weighted by atomic mass is 10.4. The van der Waals surface area contributed by atoms with Crippen LogP contribution in [0.1, 0.15) is 13.3 Å². The van der Waals surface area contributed by atoms with Crippen LogP contribution in [0, 0.1) is 0 Å². The van der Waals surface area contributed by atoms with Gasteiger partial charge in [-0.15, -0.1) is 11.8 Å². The molecule has 0 atom stereocenters. The molecule has 0 fully saturated rings. The van der Waals surface area contributed by atoms with Gasteiger partial charge in [0.05, 0.1) is 6.54 Å². The van der Waals surface area contributed by atoms with Crippen LogP contribution in [0.2, 0.25) is 5.02 Å². The van der Waals surface area contributed by atoms with Crippen molar-refractivity contribution >= 4 is 35.2 Å². The molecule has 0 aliphatic heterocycles. The minimum absolute atomic E-state index is 0.0400. The van der Waals surface area contributed by atoms with E-state index in [0.717, 1.165) is 4.90 Å². The summed E-state index contributed by atoms with van der Waals surface area (Å²) in [6, 6.07) is 7.47. The molecule has 0 bridgehead atoms. The van der Waals surface area contributed by atoms with Crippen molar-refractivity contribution in [1.29, 1.82) is 0 Å². The van der Waals surface area contributed by atoms with E-state index in [1.54, 1.807) is 11.8 Å². The normalized spacial score (nSPS) is 10.0. The van der Waals surface area contributed by atoms with Gasteiger partial charge in [-0.05, 0) is 31.2 Å². The van der Waals surface area contributed by atoms with Crippen molar-refractivity contribution < 1.29 is 9.59 Å². The second kappa shape index (κ2) is 8.82. The van der Waals surface area contributed by atoms with E-state index < -0.39 is 0 Å². The molecule has 19 heavy (non-hydrogen) atoms. The summed E-state index contributed by atoms with van der Waals surface area (Å²) >= 11 is 7.36. The largest absolute Gasteiger partial charge is 0.355 e. The van der Waals surface area contributed by atoms with E-state index in [9.17, 15) is 9.59 Å². The third-order valence-electron chi connectivity index (χ3n) is 2.23. The molecular weight excluding hydrogens is 284 g/mol. The van der Waals surface area contributed by atoms with Gasteiger partial charge in [0.1, 0.15) is 0 Å². The second-order valence-corrected chi connectivity index (χ2v) is 5.39. The molecule has 2 amide bonds. The van der Waals surface area contributed by atoms with E-state index in [0.29, 0.717) is 23.7 Å². The Labute approximate surface area is 122 Å². The van der Waals surface area contributed by atoms with Gasteiger partial charge in [0.15, 0.2) is 0 Å². The highest BCUT2D eigenvalue weighted by Gasteiger charge is 2.04. The number of hydrogen-bond acceptors (Lipinski definition) is 3. The Morgan fingerprint density at radius 1 is 1.16 bits per heavy atom. The van der Waals surface area contributed by atoms with Crippen LogP contribution in [0.5, 0.6) is 0 Å². The fraction of sp³-hybridized carbons (Fsp3) is 0.385. The minimum atomic E-state index is -0.166. The van der Waals surface area contributed by atoms with Gasteiger partial charge in [0.25, 0.3) is 0 Å². The zero-order chi connectivity index (χ0) is 14.1. The Hall–Kier alpha value is -1.20. The molecule has 0 heterocycles. The third-order valence-corrected chi connectivity index (χ3v) is 3.50. The maximum Gasteiger partial charge on any atom is 0.239 e. The fourth-order valence-electron chi connectivity index (χ4n) is 1.32. The molecule has 1 rings (SSSR count). The number of thioether (sulfide) groups is 1. The molecule has 0 aliphatic carbocycles. The van der Waals surface area contributed by atoms with E-state index in [1.165, 1.54) is 0 Å². The molecule has 0 aliphatic rings. The number of amides is 2. The highest BCUT2D eigenvalue weighted by molar-refractivity contribution is 7.99. The van der Waals surface area contributed by atoms with Crippen LogP contribution in [-0.4, -0.2) is 30.7 Å². The van der Waals surface area contributed by atoms with Gasteiger partial charge < -0.3 is 10.6 Å². The van der Waals surface area contributed by atoms with Crippen molar-refractivity contribution in [2.45, 2.75) is 18.2 Å². The summed E-state index contributed by atoms with van der Waals surface area (Å²) in [7, 11) is 0. The van der Waals surface area contributed by atoms with Crippen molar-refractivity contribution in [3.8, 4) is 0 Å². The number of likely N-dealkylation sites (N-methyl/N-ethyl adjacent to an activating group) is 1. The zero-order valence-electron chi connectivity index (χ0n) is 10.7. The quantitative estimate of drug-likeness (QED) is 0.758. The van der Waals surface area contributed by atoms with E-state index in [4.69, 9.17) is 11.6 Å². The molecule has 1 aromatic rings. The molecule has 0 saturated heterocycles. The van der Waals surface area contributed by atoms with Gasteiger partial charge >= 0.3 is 0 Å². The van der Waals surface area contributed by atoms with Crippen LogP contribution >= 0.6 is 23.4 Å². The topological polar surface area (TPSA) is 58.2 Å². The molecule has 4 nitrogen and oxygen atoms in total. The number of halogens is 1. The Morgan fingerprint density at radius 3 is 2.47 bits per heavy atom. The van der Waals surface area contributed by atoms with E-state index >= 15 is 0 Å². The highest BCUT2D eigenvalue weighted by atomic mass is 35.5. The summed E-state index contributed by atoms with van der Waals surface area (Å²) in [5.74, 6) is 0.386. The predicted molar refractivity (Wildman–Crippen MR) is 78.5 cm³/mol. The number of rotatable bonds is 7. The smallest absolute Gasteiger partial charge is 0.239 e. The summed E-state index contributed by atoms with van der Waals surface area (Å²) in [6.07, 6.45) is 0.382. The Balaban J connectivity index is 2.16. The van der Waals surface area contributed by atoms with E-state index in [2.05, 4.69) is 10.6 Å². The molecule has 2 N–H and O–H groups in total. The van der Waals surface area contributed by atoms with Crippen molar-refractivity contribution in [2.24, 2.45) is 0 Å². The lowest BCUT2D eigenvalue weighted by Crippen LogP contribution is -2.36. The van der Waals surface area contributed by atoms with Gasteiger partial charge in [-0.2, -0.15) is 0 Å². The Bertz CT molecular complexity index is 423. The SMILES string of the molecule is CCNC(=O)CNC(=O)CCSc1ccc(Cl)cc1. The molecule has 6 heteroatoms. The molecule has 0 radical (unpaired) electrons. The lowest BCUT2D eigenvalue weighted by molar-refractivity contribution is -0.125. The monoisotopic (exact) mass is 300 g/mol. The fourth-order valence-corrected chi connectivity index (χ4v) is 2.30. The summed E-state index contributed by atoms with van der Waals surface area (Å²) in [5.41, 5.74) is 0. The summed E-state index contributed by atoms with van der Waals surface area (Å²) in [6.45, 7) is 2.45. The van der Waals surface area contributed by atoms with Gasteiger partial charge in [0.2, 0.25) is 11.8 Å². The number of nitrogens with one attached hydrogen (secondary N) is 2. The van der Waals surface area contributed by atoms with Gasteiger partial charge in [-0.25, -0.2) is 0 Å². The molecular formula is C13H17ClN2O2S. The van der Waals surface area contributed by atoms with E-state index in [-0.39, 0.29) is 18.4 Å². The Morgan fingerprint density at radius 2 is 1.84 bits per heavy atom. The molecule has 1 aromatic carbocycles. The first-order valence-corrected chi connectivity index (χ1v) is 7.40. The summed E-state index contributed by atoms with van der Waals surface area (Å²) in [4.78, 5) is 23.7. The number of benzene rings is 1. The number of hydrogen-bond donors (Lipinski definition) is 2. The summed E-state index contributed by atoms with van der Waals surface area (Å²) < 4.78 is 0. The minimum Gasteiger partial charge on any atom is -0.355 e. The van der Waals surface area contributed by atoms with Gasteiger partial charge in [-0.1, -0.05) is 11.6 Å². The van der Waals surface area contributed by atoms with Gasteiger partial charge in [0, 0.05) is 28.6 Å². The maximum atomic E-state index is 11.5. The van der Waals surface area contributed by atoms with Crippen molar-refractivity contribution in [2.75, 3.05) is 18.8 Å². The first kappa shape index (κ1) is 15.9. The van der Waals surface area contributed by atoms with Crippen LogP contribution in [0.3, 0.4) is 0 Å². The average Bonchev–Trinajstić information content (AvgIpc) is 2.39. The predicted octanol–water partition coefficient (Wildman–Crippen LogP) is 2.07. The highest BCUT2D eigenvalue weighted by Crippen LogP contribution is 2.20. The van der Waals surface area contributed by atoms with Crippen molar-refractivity contribution in [3.63, 3.8) is 0 Å². The van der Waals surface area contributed by atoms with Crippen molar-refractivity contribution in [3.05, 3.63) is 29.3 Å². The number of carbonyl (C=O) groups excluding carboxylic acids is 2. The molecule has 0 spiro atoms. The van der Waals surface area contributed by atoms with Crippen LogP contribution in [0.15, 0.2) is 29.2 Å². The summed E-state index contributed by atoms with van der Waals surface area (Å²) in [5, 5.41) is 5.89. The first-order chi connectivity index (χ1) is 9.11. The molecule has 0 unspecified atom stereocenters. The number of carbonyl (C=O) groups is 2. The van der Waals surface area contributed by atoms with E-state index in [1.807, 2.05) is 31.2 Å². The zero-order valence-corrected chi connectivity index (χ0v) is 12.3. The second-order valence-electron chi connectivity index (χ2n) is 3.78. The molecule has 0 aromatic heterocycles. The van der Waals surface area contributed by atoms with Crippen LogP contribution in [0.25, 0.3) is 0 Å². The van der Waals surface area contributed by atoms with Gasteiger partial charge in [-0.3, -0.25) is 9.59 Å². The first-order valence-electron chi connectivity index (χ1n) is 6.03. The van der Waals surface area contributed by atoms with Crippen LogP contribution < -0.4 is 10.6 Å². The van der Waals surface area contributed by atoms with Crippen LogP contribution in [0.4, 0.5) is 0 Å². The van der Waals surface area contributed by atoms with Crippen molar-refractivity contribution in [1.82, 2.24) is 10.6 Å².